The third-order valence-electron chi connectivity index (χ3n) is 2.28. The first kappa shape index (κ1) is 10.8. The van der Waals surface area contributed by atoms with Gasteiger partial charge in [-0.1, -0.05) is 68.5 Å². The van der Waals surface area contributed by atoms with Crippen molar-refractivity contribution in [1.29, 1.82) is 0 Å². The summed E-state index contributed by atoms with van der Waals surface area (Å²) in [6.45, 7) is 8.05. The van der Waals surface area contributed by atoms with Gasteiger partial charge in [-0.2, -0.15) is 0 Å². The Morgan fingerprint density at radius 3 is 2.29 bits per heavy atom. The van der Waals surface area contributed by atoms with Gasteiger partial charge in [0.15, 0.2) is 0 Å². The Kier molecular flexibility index (Phi) is 3.70. The molecule has 0 fully saturated rings. The van der Waals surface area contributed by atoms with Crippen LogP contribution in [0.2, 0.25) is 0 Å². The maximum atomic E-state index is 3.65. The van der Waals surface area contributed by atoms with E-state index >= 15 is 0 Å². The highest BCUT2D eigenvalue weighted by molar-refractivity contribution is 5.29. The van der Waals surface area contributed by atoms with Crippen LogP contribution >= 0.6 is 0 Å². The normalized spacial score (nSPS) is 12.8. The molecule has 1 aromatic rings. The average Bonchev–Trinajstić information content (AvgIpc) is 2.19. The summed E-state index contributed by atoms with van der Waals surface area (Å²) >= 11 is 0. The maximum absolute atomic E-state index is 3.65. The predicted molar refractivity (Wildman–Crippen MR) is 63.1 cm³/mol. The fourth-order valence-corrected chi connectivity index (χ4v) is 1.34. The zero-order valence-electron chi connectivity index (χ0n) is 8.90. The van der Waals surface area contributed by atoms with Crippen LogP contribution in [0.15, 0.2) is 54.6 Å². The molecule has 1 radical (unpaired) electrons. The van der Waals surface area contributed by atoms with Crippen molar-refractivity contribution in [3.05, 3.63) is 67.1 Å². The molecule has 0 heteroatoms. The number of hydrogen-bond acceptors (Lipinski definition) is 0. The molecule has 0 aliphatic carbocycles. The van der Waals surface area contributed by atoms with Crippen molar-refractivity contribution in [3.8, 4) is 0 Å². The molecule has 0 amide bonds. The van der Waals surface area contributed by atoms with Crippen LogP contribution in [0.4, 0.5) is 0 Å². The standard InChI is InChI=1S/C14H17/c1-4-5-9-12-14(2,3)13-10-7-6-8-11-13/h4-12H,1H2,2-3H3. The molecule has 0 aliphatic heterocycles. The second kappa shape index (κ2) is 4.80. The molecular formula is C14H17. The second-order valence-electron chi connectivity index (χ2n) is 3.87. The third kappa shape index (κ3) is 2.88. The minimum Gasteiger partial charge on any atom is -0.0842 e. The molecule has 1 rings (SSSR count). The summed E-state index contributed by atoms with van der Waals surface area (Å²) in [5.74, 6) is 0. The highest BCUT2D eigenvalue weighted by Gasteiger charge is 2.15. The Labute approximate surface area is 87.0 Å². The fraction of sp³-hybridized carbons (Fsp3) is 0.214. The van der Waals surface area contributed by atoms with Gasteiger partial charge in [0.1, 0.15) is 0 Å². The van der Waals surface area contributed by atoms with Crippen molar-refractivity contribution >= 4 is 0 Å². The lowest BCUT2D eigenvalue weighted by Gasteiger charge is -2.20. The minimum absolute atomic E-state index is 0.0841. The van der Waals surface area contributed by atoms with Gasteiger partial charge in [-0.05, 0) is 12.5 Å². The molecule has 0 bridgehead atoms. The second-order valence-corrected chi connectivity index (χ2v) is 3.87. The Morgan fingerprint density at radius 2 is 1.71 bits per heavy atom. The van der Waals surface area contributed by atoms with E-state index < -0.39 is 0 Å². The highest BCUT2D eigenvalue weighted by Crippen LogP contribution is 2.24. The van der Waals surface area contributed by atoms with Gasteiger partial charge in [0, 0.05) is 5.41 Å². The molecule has 0 saturated heterocycles. The molecule has 0 aliphatic rings. The topological polar surface area (TPSA) is 0 Å². The lowest BCUT2D eigenvalue weighted by atomic mass is 9.84. The highest BCUT2D eigenvalue weighted by atomic mass is 14.2. The number of benzene rings is 1. The average molecular weight is 185 g/mol. The number of allylic oxidation sites excluding steroid dienone is 4. The molecule has 1 aromatic carbocycles. The number of rotatable bonds is 3. The van der Waals surface area contributed by atoms with Gasteiger partial charge in [0.2, 0.25) is 0 Å². The maximum Gasteiger partial charge on any atom is 0.00784 e. The van der Waals surface area contributed by atoms with E-state index in [0.29, 0.717) is 0 Å². The van der Waals surface area contributed by atoms with Gasteiger partial charge >= 0.3 is 0 Å². The summed E-state index contributed by atoms with van der Waals surface area (Å²) in [4.78, 5) is 0. The zero-order chi connectivity index (χ0) is 10.4. The van der Waals surface area contributed by atoms with Gasteiger partial charge in [-0.3, -0.25) is 0 Å². The van der Waals surface area contributed by atoms with Gasteiger partial charge in [0.25, 0.3) is 0 Å². The summed E-state index contributed by atoms with van der Waals surface area (Å²) in [7, 11) is 0. The predicted octanol–water partition coefficient (Wildman–Crippen LogP) is 3.91. The molecule has 0 N–H and O–H groups in total. The fourth-order valence-electron chi connectivity index (χ4n) is 1.34. The Morgan fingerprint density at radius 1 is 1.07 bits per heavy atom. The summed E-state index contributed by atoms with van der Waals surface area (Å²) in [5.41, 5.74) is 1.41. The van der Waals surface area contributed by atoms with E-state index in [1.807, 2.05) is 18.2 Å². The molecule has 0 nitrogen and oxygen atoms in total. The summed E-state index contributed by atoms with van der Waals surface area (Å²) in [6, 6.07) is 10.5. The van der Waals surface area contributed by atoms with Crippen LogP contribution in [0, 0.1) is 6.92 Å². The minimum atomic E-state index is 0.0841. The smallest absolute Gasteiger partial charge is 0.00784 e. The van der Waals surface area contributed by atoms with E-state index in [1.54, 1.807) is 6.08 Å². The Balaban J connectivity index is 2.85. The van der Waals surface area contributed by atoms with Crippen LogP contribution in [0.3, 0.4) is 0 Å². The van der Waals surface area contributed by atoms with Crippen LogP contribution in [-0.4, -0.2) is 0 Å². The van der Waals surface area contributed by atoms with Crippen molar-refractivity contribution in [2.24, 2.45) is 0 Å². The van der Waals surface area contributed by atoms with Crippen LogP contribution < -0.4 is 0 Å². The van der Waals surface area contributed by atoms with E-state index in [9.17, 15) is 0 Å². The van der Waals surface area contributed by atoms with E-state index in [2.05, 4.69) is 51.1 Å². The largest absolute Gasteiger partial charge is 0.0842 e. The van der Waals surface area contributed by atoms with Gasteiger partial charge in [0.05, 0.1) is 0 Å². The Hall–Kier alpha value is -1.30. The van der Waals surface area contributed by atoms with Crippen molar-refractivity contribution in [2.75, 3.05) is 0 Å². The van der Waals surface area contributed by atoms with Gasteiger partial charge in [-0.15, -0.1) is 0 Å². The van der Waals surface area contributed by atoms with Gasteiger partial charge < -0.3 is 0 Å². The molecule has 73 valence electrons. The van der Waals surface area contributed by atoms with E-state index in [4.69, 9.17) is 0 Å². The van der Waals surface area contributed by atoms with Crippen LogP contribution in [0.25, 0.3) is 0 Å². The molecular weight excluding hydrogens is 168 g/mol. The molecule has 14 heavy (non-hydrogen) atoms. The number of hydrogen-bond donors (Lipinski definition) is 0. The van der Waals surface area contributed by atoms with Crippen molar-refractivity contribution in [2.45, 2.75) is 19.3 Å². The molecule has 0 atom stereocenters. The van der Waals surface area contributed by atoms with E-state index in [0.717, 1.165) is 0 Å². The van der Waals surface area contributed by atoms with Crippen molar-refractivity contribution in [1.82, 2.24) is 0 Å². The first-order valence-electron chi connectivity index (χ1n) is 4.86. The lowest BCUT2D eigenvalue weighted by Crippen LogP contribution is -2.12. The zero-order valence-corrected chi connectivity index (χ0v) is 8.90. The van der Waals surface area contributed by atoms with Crippen LogP contribution in [-0.2, 0) is 5.41 Å². The first-order valence-corrected chi connectivity index (χ1v) is 4.86. The SMILES string of the molecule is [CH2]C=CC=CC(C)(C)c1ccccc1. The quantitative estimate of drug-likeness (QED) is 0.626. The Bertz CT molecular complexity index is 315. The molecule has 0 spiro atoms. The van der Waals surface area contributed by atoms with E-state index in [-0.39, 0.29) is 5.41 Å². The molecule has 0 unspecified atom stereocenters. The first-order chi connectivity index (χ1) is 6.67. The van der Waals surface area contributed by atoms with Crippen LogP contribution in [0.1, 0.15) is 19.4 Å². The summed E-state index contributed by atoms with van der Waals surface area (Å²) in [5, 5.41) is 0. The molecule has 0 heterocycles. The van der Waals surface area contributed by atoms with Crippen molar-refractivity contribution in [3.63, 3.8) is 0 Å². The third-order valence-corrected chi connectivity index (χ3v) is 2.28. The van der Waals surface area contributed by atoms with Gasteiger partial charge in [-0.25, -0.2) is 0 Å². The monoisotopic (exact) mass is 185 g/mol. The molecule has 0 aromatic heterocycles. The lowest BCUT2D eigenvalue weighted by molar-refractivity contribution is 0.670. The summed E-state index contributed by atoms with van der Waals surface area (Å²) in [6.07, 6.45) is 7.96. The molecule has 0 saturated carbocycles. The summed E-state index contributed by atoms with van der Waals surface area (Å²) < 4.78 is 0. The van der Waals surface area contributed by atoms with Crippen LogP contribution in [0.5, 0.6) is 0 Å². The van der Waals surface area contributed by atoms with Crippen molar-refractivity contribution < 1.29 is 0 Å². The van der Waals surface area contributed by atoms with E-state index in [1.165, 1.54) is 5.56 Å².